The largest absolute Gasteiger partial charge is 0.442 e. The molecular weight excluding hydrogens is 441 g/mol. The lowest BCUT2D eigenvalue weighted by molar-refractivity contribution is -0.388. The Labute approximate surface area is 184 Å². The molecule has 0 unspecified atom stereocenters. The van der Waals surface area contributed by atoms with Gasteiger partial charge in [0.1, 0.15) is 12.2 Å². The number of nitrogens with zero attached hydrogens (tertiary/aromatic N) is 5. The highest BCUT2D eigenvalue weighted by Crippen LogP contribution is 2.36. The summed E-state index contributed by atoms with van der Waals surface area (Å²) in [4.78, 5) is 22.3. The van der Waals surface area contributed by atoms with Gasteiger partial charge in [-0.2, -0.15) is 23.4 Å². The van der Waals surface area contributed by atoms with Crippen molar-refractivity contribution < 1.29 is 22.9 Å². The maximum atomic E-state index is 13.1. The van der Waals surface area contributed by atoms with E-state index in [9.17, 15) is 28.1 Å². The van der Waals surface area contributed by atoms with Crippen LogP contribution in [0.3, 0.4) is 0 Å². The summed E-state index contributed by atoms with van der Waals surface area (Å²) < 4.78 is 41.5. The minimum atomic E-state index is -5.02. The second-order valence-electron chi connectivity index (χ2n) is 7.31. The summed E-state index contributed by atoms with van der Waals surface area (Å²) in [5.74, 6) is -0.700. The van der Waals surface area contributed by atoms with Crippen LogP contribution in [0.25, 0.3) is 10.8 Å². The zero-order chi connectivity index (χ0) is 23.8. The summed E-state index contributed by atoms with van der Waals surface area (Å²) >= 11 is 0. The first-order chi connectivity index (χ1) is 15.6. The van der Waals surface area contributed by atoms with Gasteiger partial charge in [0, 0.05) is 6.20 Å². The fourth-order valence-electron chi connectivity index (χ4n) is 3.56. The molecule has 0 saturated heterocycles. The molecule has 9 nitrogen and oxygen atoms in total. The Bertz CT molecular complexity index is 1350. The van der Waals surface area contributed by atoms with E-state index in [1.807, 2.05) is 42.5 Å². The van der Waals surface area contributed by atoms with Crippen LogP contribution in [0.15, 0.2) is 54.9 Å². The Morgan fingerprint density at radius 1 is 1.18 bits per heavy atom. The third-order valence-corrected chi connectivity index (χ3v) is 5.05. The van der Waals surface area contributed by atoms with E-state index in [0.717, 1.165) is 23.3 Å². The molecule has 170 valence electrons. The zero-order valence-corrected chi connectivity index (χ0v) is 17.2. The standard InChI is InChI=1S/C21H17F3N6O3/c1-13-19(30(32)33)20(21(22,23)24)27-29(13)12-18(31)26-16-9-25-28(11-16)10-15-7-4-6-14-5-2-3-8-17(14)15/h2-9,11H,10,12H2,1H3,(H,26,31). The Balaban J connectivity index is 1.48. The number of carbonyl (C=O) groups is 1. The van der Waals surface area contributed by atoms with Crippen LogP contribution >= 0.6 is 0 Å². The number of anilines is 1. The van der Waals surface area contributed by atoms with Gasteiger partial charge in [0.2, 0.25) is 11.6 Å². The normalized spacial score (nSPS) is 11.6. The lowest BCUT2D eigenvalue weighted by atomic mass is 10.0. The van der Waals surface area contributed by atoms with E-state index in [4.69, 9.17) is 0 Å². The van der Waals surface area contributed by atoms with Crippen LogP contribution in [-0.4, -0.2) is 30.4 Å². The molecule has 0 bridgehead atoms. The first kappa shape index (κ1) is 22.0. The van der Waals surface area contributed by atoms with Crippen molar-refractivity contribution in [2.75, 3.05) is 5.32 Å². The fraction of sp³-hybridized carbons (Fsp3) is 0.190. The van der Waals surface area contributed by atoms with Crippen molar-refractivity contribution in [3.8, 4) is 0 Å². The first-order valence-corrected chi connectivity index (χ1v) is 9.71. The van der Waals surface area contributed by atoms with Gasteiger partial charge >= 0.3 is 11.9 Å². The summed E-state index contributed by atoms with van der Waals surface area (Å²) in [5, 5.41) is 23.2. The van der Waals surface area contributed by atoms with Gasteiger partial charge < -0.3 is 5.32 Å². The maximum absolute atomic E-state index is 13.1. The molecule has 0 radical (unpaired) electrons. The number of hydrogen-bond acceptors (Lipinski definition) is 5. The van der Waals surface area contributed by atoms with E-state index in [0.29, 0.717) is 16.9 Å². The minimum absolute atomic E-state index is 0.329. The Morgan fingerprint density at radius 3 is 2.61 bits per heavy atom. The highest BCUT2D eigenvalue weighted by atomic mass is 19.4. The Kier molecular flexibility index (Phi) is 5.58. The monoisotopic (exact) mass is 458 g/mol. The van der Waals surface area contributed by atoms with Gasteiger partial charge in [0.05, 0.1) is 23.4 Å². The molecule has 0 aliphatic heterocycles. The van der Waals surface area contributed by atoms with Crippen LogP contribution < -0.4 is 5.32 Å². The molecule has 4 rings (SSSR count). The van der Waals surface area contributed by atoms with Crippen LogP contribution in [-0.2, 0) is 24.1 Å². The second kappa shape index (κ2) is 8.37. The number of hydrogen-bond donors (Lipinski definition) is 1. The average molecular weight is 458 g/mol. The Hall–Kier alpha value is -4.22. The zero-order valence-electron chi connectivity index (χ0n) is 17.2. The number of fused-ring (bicyclic) bond motifs is 1. The molecular formula is C21H17F3N6O3. The van der Waals surface area contributed by atoms with E-state index < -0.39 is 34.9 Å². The number of rotatable bonds is 6. The highest BCUT2D eigenvalue weighted by molar-refractivity contribution is 5.90. The van der Waals surface area contributed by atoms with Crippen molar-refractivity contribution in [2.45, 2.75) is 26.2 Å². The van der Waals surface area contributed by atoms with Gasteiger partial charge in [-0.25, -0.2) is 0 Å². The van der Waals surface area contributed by atoms with Crippen molar-refractivity contribution in [3.63, 3.8) is 0 Å². The molecule has 2 heterocycles. The van der Waals surface area contributed by atoms with Gasteiger partial charge in [-0.15, -0.1) is 0 Å². The molecule has 0 fully saturated rings. The summed E-state index contributed by atoms with van der Waals surface area (Å²) in [6.07, 6.45) is -2.03. The summed E-state index contributed by atoms with van der Waals surface area (Å²) in [5.41, 5.74) is -1.82. The topological polar surface area (TPSA) is 108 Å². The number of halogens is 3. The van der Waals surface area contributed by atoms with Crippen molar-refractivity contribution in [1.29, 1.82) is 0 Å². The van der Waals surface area contributed by atoms with Crippen LogP contribution in [0.5, 0.6) is 0 Å². The quantitative estimate of drug-likeness (QED) is 0.345. The van der Waals surface area contributed by atoms with Crippen LogP contribution in [0.4, 0.5) is 24.5 Å². The summed E-state index contributed by atoms with van der Waals surface area (Å²) in [6.45, 7) is 0.920. The highest BCUT2D eigenvalue weighted by Gasteiger charge is 2.44. The molecule has 4 aromatic rings. The number of aromatic nitrogens is 4. The van der Waals surface area contributed by atoms with Crippen LogP contribution in [0.2, 0.25) is 0 Å². The molecule has 0 spiro atoms. The number of nitro groups is 1. The lowest BCUT2D eigenvalue weighted by Gasteiger charge is -2.07. The van der Waals surface area contributed by atoms with Crippen LogP contribution in [0, 0.1) is 17.0 Å². The van der Waals surface area contributed by atoms with Crippen molar-refractivity contribution in [2.24, 2.45) is 0 Å². The summed E-state index contributed by atoms with van der Waals surface area (Å²) in [7, 11) is 0. The van der Waals surface area contributed by atoms with Crippen molar-refractivity contribution in [3.05, 3.63) is 81.9 Å². The van der Waals surface area contributed by atoms with Crippen molar-refractivity contribution in [1.82, 2.24) is 19.6 Å². The van der Waals surface area contributed by atoms with Gasteiger partial charge in [0.15, 0.2) is 0 Å². The number of alkyl halides is 3. The second-order valence-corrected chi connectivity index (χ2v) is 7.31. The van der Waals surface area contributed by atoms with Gasteiger partial charge in [-0.1, -0.05) is 42.5 Å². The molecule has 0 aliphatic carbocycles. The smallest absolute Gasteiger partial charge is 0.322 e. The first-order valence-electron chi connectivity index (χ1n) is 9.71. The molecule has 2 aromatic heterocycles. The van der Waals surface area contributed by atoms with E-state index in [2.05, 4.69) is 15.5 Å². The van der Waals surface area contributed by atoms with Gasteiger partial charge in [0.25, 0.3) is 0 Å². The maximum Gasteiger partial charge on any atom is 0.442 e. The lowest BCUT2D eigenvalue weighted by Crippen LogP contribution is -2.20. The summed E-state index contributed by atoms with van der Waals surface area (Å²) in [6, 6.07) is 13.8. The molecule has 0 aliphatic rings. The molecule has 2 aromatic carbocycles. The average Bonchev–Trinajstić information content (AvgIpc) is 3.32. The van der Waals surface area contributed by atoms with Gasteiger partial charge in [-0.3, -0.25) is 24.3 Å². The van der Waals surface area contributed by atoms with Crippen molar-refractivity contribution >= 4 is 28.1 Å². The molecule has 0 saturated carbocycles. The van der Waals surface area contributed by atoms with E-state index in [1.54, 1.807) is 10.9 Å². The third-order valence-electron chi connectivity index (χ3n) is 5.05. The SMILES string of the molecule is Cc1c([N+](=O)[O-])c(C(F)(F)F)nn1CC(=O)Nc1cnn(Cc2cccc3ccccc23)c1. The molecule has 0 atom stereocenters. The predicted molar refractivity (Wildman–Crippen MR) is 113 cm³/mol. The minimum Gasteiger partial charge on any atom is -0.322 e. The molecule has 12 heteroatoms. The van der Waals surface area contributed by atoms with Crippen LogP contribution in [0.1, 0.15) is 17.0 Å². The predicted octanol–water partition coefficient (Wildman–Crippen LogP) is 4.16. The molecule has 1 amide bonds. The molecule has 1 N–H and O–H groups in total. The molecule has 33 heavy (non-hydrogen) atoms. The number of amides is 1. The van der Waals surface area contributed by atoms with Gasteiger partial charge in [-0.05, 0) is 23.3 Å². The number of nitrogens with one attached hydrogen (secondary N) is 1. The Morgan fingerprint density at radius 2 is 1.91 bits per heavy atom. The van der Waals surface area contributed by atoms with E-state index in [1.165, 1.54) is 6.20 Å². The fourth-order valence-corrected chi connectivity index (χ4v) is 3.56. The third kappa shape index (κ3) is 4.54. The van der Waals surface area contributed by atoms with E-state index >= 15 is 0 Å². The number of benzene rings is 2. The van der Waals surface area contributed by atoms with E-state index in [-0.39, 0.29) is 5.69 Å². The number of carbonyl (C=O) groups excluding carboxylic acids is 1.